The fourth-order valence-electron chi connectivity index (χ4n) is 1.76. The number of hydrogen-bond acceptors (Lipinski definition) is 4. The van der Waals surface area contributed by atoms with Gasteiger partial charge in [-0.2, -0.15) is 0 Å². The number of rotatable bonds is 4. The molecule has 0 aliphatic rings. The Morgan fingerprint density at radius 2 is 1.33 bits per heavy atom. The Labute approximate surface area is 141 Å². The molecular formula is C19H21NO4. The zero-order valence-corrected chi connectivity index (χ0v) is 14.0. The molecule has 0 fully saturated rings. The van der Waals surface area contributed by atoms with Crippen molar-refractivity contribution >= 4 is 23.2 Å². The van der Waals surface area contributed by atoms with Crippen molar-refractivity contribution in [3.8, 4) is 5.75 Å². The van der Waals surface area contributed by atoms with Gasteiger partial charge in [0.25, 0.3) is 5.91 Å². The third-order valence-corrected chi connectivity index (χ3v) is 2.92. The monoisotopic (exact) mass is 327 g/mol. The molecule has 0 saturated heterocycles. The van der Waals surface area contributed by atoms with Gasteiger partial charge >= 0.3 is 0 Å². The zero-order chi connectivity index (χ0) is 18.1. The van der Waals surface area contributed by atoms with Crippen LogP contribution in [0.1, 0.15) is 47.9 Å². The van der Waals surface area contributed by atoms with Crippen LogP contribution in [0.15, 0.2) is 48.5 Å². The van der Waals surface area contributed by atoms with E-state index in [1.165, 1.54) is 26.0 Å². The Morgan fingerprint density at radius 3 is 1.79 bits per heavy atom. The molecule has 1 amide bonds. The number of benzene rings is 2. The van der Waals surface area contributed by atoms with Crippen LogP contribution < -0.4 is 5.32 Å². The van der Waals surface area contributed by atoms with Gasteiger partial charge in [0, 0.05) is 23.2 Å². The van der Waals surface area contributed by atoms with Crippen LogP contribution in [-0.4, -0.2) is 22.6 Å². The predicted octanol–water partition coefficient (Wildman–Crippen LogP) is 3.83. The van der Waals surface area contributed by atoms with E-state index in [1.54, 1.807) is 43.3 Å². The fourth-order valence-corrected chi connectivity index (χ4v) is 1.76. The fraction of sp³-hybridized carbons (Fsp3) is 0.211. The van der Waals surface area contributed by atoms with Gasteiger partial charge in [-0.25, -0.2) is 0 Å². The average molecular weight is 327 g/mol. The molecule has 0 bridgehead atoms. The number of carbonyl (C=O) groups is 3. The summed E-state index contributed by atoms with van der Waals surface area (Å²) < 4.78 is 0. The summed E-state index contributed by atoms with van der Waals surface area (Å²) in [6.45, 7) is 4.85. The van der Waals surface area contributed by atoms with Crippen molar-refractivity contribution in [3.05, 3.63) is 59.7 Å². The number of aromatic hydroxyl groups is 1. The first kappa shape index (κ1) is 19.1. The minimum Gasteiger partial charge on any atom is -0.508 e. The number of Topliss-reactive ketones (excluding diaryl/α,β-unsaturated/α-hetero) is 2. The lowest BCUT2D eigenvalue weighted by atomic mass is 10.1. The van der Waals surface area contributed by atoms with Crippen molar-refractivity contribution in [1.82, 2.24) is 0 Å². The summed E-state index contributed by atoms with van der Waals surface area (Å²) in [6, 6.07) is 12.8. The van der Waals surface area contributed by atoms with Gasteiger partial charge in [-0.05, 0) is 50.2 Å². The first-order chi connectivity index (χ1) is 11.3. The normalized spacial score (nSPS) is 9.46. The molecule has 0 aliphatic carbocycles. The Bertz CT molecular complexity index is 699. The standard InChI is InChI=1S/C16H15NO3.C3H6O/c1-2-15(19)11-3-5-12(6-4-11)16(20)17-13-7-9-14(18)10-8-13;1-3(2)4/h3-10,18H,2H2,1H3,(H,17,20);1-2H3. The summed E-state index contributed by atoms with van der Waals surface area (Å²) in [5.41, 5.74) is 1.68. The minimum atomic E-state index is -0.258. The third kappa shape index (κ3) is 6.44. The highest BCUT2D eigenvalue weighted by atomic mass is 16.3. The maximum absolute atomic E-state index is 12.0. The average Bonchev–Trinajstić information content (AvgIpc) is 2.56. The van der Waals surface area contributed by atoms with Gasteiger partial charge < -0.3 is 15.2 Å². The van der Waals surface area contributed by atoms with Crippen molar-refractivity contribution < 1.29 is 19.5 Å². The summed E-state index contributed by atoms with van der Waals surface area (Å²) in [7, 11) is 0. The van der Waals surface area contributed by atoms with E-state index in [2.05, 4.69) is 5.32 Å². The van der Waals surface area contributed by atoms with E-state index in [0.29, 0.717) is 23.2 Å². The molecule has 126 valence electrons. The van der Waals surface area contributed by atoms with Crippen molar-refractivity contribution in [1.29, 1.82) is 0 Å². The number of amides is 1. The summed E-state index contributed by atoms with van der Waals surface area (Å²) >= 11 is 0. The minimum absolute atomic E-state index is 0.0514. The van der Waals surface area contributed by atoms with Crippen molar-refractivity contribution in [2.24, 2.45) is 0 Å². The molecule has 0 aliphatic heterocycles. The number of carbonyl (C=O) groups excluding carboxylic acids is 3. The van der Waals surface area contributed by atoms with E-state index < -0.39 is 0 Å². The van der Waals surface area contributed by atoms with Gasteiger partial charge in [-0.3, -0.25) is 9.59 Å². The van der Waals surface area contributed by atoms with Crippen LogP contribution in [0.3, 0.4) is 0 Å². The van der Waals surface area contributed by atoms with Crippen molar-refractivity contribution in [3.63, 3.8) is 0 Å². The Hall–Kier alpha value is -2.95. The van der Waals surface area contributed by atoms with E-state index in [9.17, 15) is 14.4 Å². The van der Waals surface area contributed by atoms with E-state index in [4.69, 9.17) is 5.11 Å². The van der Waals surface area contributed by atoms with Crippen LogP contribution in [0.2, 0.25) is 0 Å². The molecule has 2 N–H and O–H groups in total. The number of nitrogens with one attached hydrogen (secondary N) is 1. The molecule has 0 aromatic heterocycles. The molecule has 0 atom stereocenters. The first-order valence-electron chi connectivity index (χ1n) is 7.54. The number of ketones is 2. The van der Waals surface area contributed by atoms with E-state index >= 15 is 0 Å². The lowest BCUT2D eigenvalue weighted by molar-refractivity contribution is -0.115. The second kappa shape index (κ2) is 9.25. The van der Waals surface area contributed by atoms with Gasteiger partial charge in [0.05, 0.1) is 0 Å². The molecule has 5 heteroatoms. The molecule has 0 spiro atoms. The van der Waals surface area contributed by atoms with Gasteiger partial charge in [0.2, 0.25) is 0 Å². The molecule has 0 heterocycles. The van der Waals surface area contributed by atoms with Gasteiger partial charge in [0.15, 0.2) is 5.78 Å². The van der Waals surface area contributed by atoms with Crippen LogP contribution in [0, 0.1) is 0 Å². The summed E-state index contributed by atoms with van der Waals surface area (Å²) in [6.07, 6.45) is 0.444. The molecule has 24 heavy (non-hydrogen) atoms. The second-order valence-electron chi connectivity index (χ2n) is 5.26. The molecule has 2 rings (SSSR count). The summed E-state index contributed by atoms with van der Waals surface area (Å²) in [5, 5.41) is 11.9. The Morgan fingerprint density at radius 1 is 0.875 bits per heavy atom. The number of phenolic OH excluding ortho intramolecular Hbond substituents is 1. The van der Waals surface area contributed by atoms with Crippen LogP contribution in [0.5, 0.6) is 5.75 Å². The van der Waals surface area contributed by atoms with Gasteiger partial charge in [-0.15, -0.1) is 0 Å². The van der Waals surface area contributed by atoms with Crippen LogP contribution in [0.4, 0.5) is 5.69 Å². The van der Waals surface area contributed by atoms with Crippen LogP contribution >= 0.6 is 0 Å². The molecule has 0 unspecified atom stereocenters. The Kier molecular flexibility index (Phi) is 7.36. The van der Waals surface area contributed by atoms with Crippen molar-refractivity contribution in [2.75, 3.05) is 5.32 Å². The molecule has 2 aromatic carbocycles. The topological polar surface area (TPSA) is 83.5 Å². The van der Waals surface area contributed by atoms with Crippen molar-refractivity contribution in [2.45, 2.75) is 27.2 Å². The lowest BCUT2D eigenvalue weighted by Gasteiger charge is -2.06. The highest BCUT2D eigenvalue weighted by molar-refractivity contribution is 6.05. The lowest BCUT2D eigenvalue weighted by Crippen LogP contribution is -2.12. The summed E-state index contributed by atoms with van der Waals surface area (Å²) in [5.74, 6) is 0.104. The van der Waals surface area contributed by atoms with E-state index in [1.807, 2.05) is 0 Å². The maximum Gasteiger partial charge on any atom is 0.255 e. The Balaban J connectivity index is 0.000000648. The second-order valence-corrected chi connectivity index (χ2v) is 5.26. The highest BCUT2D eigenvalue weighted by Gasteiger charge is 2.08. The number of hydrogen-bond donors (Lipinski definition) is 2. The molecule has 0 radical (unpaired) electrons. The zero-order valence-electron chi connectivity index (χ0n) is 14.0. The summed E-state index contributed by atoms with van der Waals surface area (Å²) in [4.78, 5) is 32.9. The SMILES string of the molecule is CC(C)=O.CCC(=O)c1ccc(C(=O)Nc2ccc(O)cc2)cc1. The van der Waals surface area contributed by atoms with Crippen LogP contribution in [-0.2, 0) is 4.79 Å². The van der Waals surface area contributed by atoms with Gasteiger partial charge in [0.1, 0.15) is 11.5 Å². The largest absolute Gasteiger partial charge is 0.508 e. The van der Waals surface area contributed by atoms with E-state index in [0.717, 1.165) is 0 Å². The first-order valence-corrected chi connectivity index (χ1v) is 7.54. The number of phenols is 1. The van der Waals surface area contributed by atoms with Gasteiger partial charge in [-0.1, -0.05) is 19.1 Å². The van der Waals surface area contributed by atoms with Crippen LogP contribution in [0.25, 0.3) is 0 Å². The third-order valence-electron chi connectivity index (χ3n) is 2.92. The molecule has 0 saturated carbocycles. The predicted molar refractivity (Wildman–Crippen MR) is 93.5 cm³/mol. The molecule has 5 nitrogen and oxygen atoms in total. The molecule has 2 aromatic rings. The number of anilines is 1. The molecular weight excluding hydrogens is 306 g/mol. The maximum atomic E-state index is 12.0. The quantitative estimate of drug-likeness (QED) is 0.660. The smallest absolute Gasteiger partial charge is 0.255 e. The highest BCUT2D eigenvalue weighted by Crippen LogP contribution is 2.15. The van der Waals surface area contributed by atoms with E-state index in [-0.39, 0.29) is 23.2 Å².